The highest BCUT2D eigenvalue weighted by Gasteiger charge is 2.19. The second kappa shape index (κ2) is 8.59. The van der Waals surface area contributed by atoms with Crippen molar-refractivity contribution in [2.75, 3.05) is 0 Å². The quantitative estimate of drug-likeness (QED) is 0.444. The zero-order chi connectivity index (χ0) is 22.1. The van der Waals surface area contributed by atoms with Crippen molar-refractivity contribution in [2.24, 2.45) is 0 Å². The van der Waals surface area contributed by atoms with E-state index in [-0.39, 0.29) is 17.8 Å². The van der Waals surface area contributed by atoms with Gasteiger partial charge in [-0.1, -0.05) is 18.2 Å². The minimum atomic E-state index is -0.271. The van der Waals surface area contributed by atoms with Crippen LogP contribution in [0.5, 0.6) is 0 Å². The number of amides is 1. The van der Waals surface area contributed by atoms with Crippen LogP contribution >= 0.6 is 11.3 Å². The molecule has 1 atom stereocenters. The molecule has 160 valence electrons. The van der Waals surface area contributed by atoms with Gasteiger partial charge in [-0.05, 0) is 68.8 Å². The van der Waals surface area contributed by atoms with Crippen molar-refractivity contribution in [3.63, 3.8) is 0 Å². The first-order valence-corrected chi connectivity index (χ1v) is 11.2. The van der Waals surface area contributed by atoms with Crippen LogP contribution in [0.4, 0.5) is 4.39 Å². The van der Waals surface area contributed by atoms with E-state index in [1.54, 1.807) is 23.5 Å². The van der Waals surface area contributed by atoms with Crippen LogP contribution in [0.3, 0.4) is 0 Å². The first-order valence-electron chi connectivity index (χ1n) is 10.3. The van der Waals surface area contributed by atoms with Crippen LogP contribution in [0.2, 0.25) is 0 Å². The van der Waals surface area contributed by atoms with E-state index >= 15 is 0 Å². The third kappa shape index (κ3) is 4.23. The Kier molecular flexibility index (Phi) is 5.87. The average Bonchev–Trinajstić information content (AvgIpc) is 3.37. The molecular formula is C24H25FN4OS. The molecule has 0 aliphatic rings. The fourth-order valence-electron chi connectivity index (χ4n) is 3.95. The van der Waals surface area contributed by atoms with E-state index in [1.807, 2.05) is 49.7 Å². The molecule has 0 saturated heterocycles. The van der Waals surface area contributed by atoms with Crippen molar-refractivity contribution in [1.82, 2.24) is 19.9 Å². The average molecular weight is 437 g/mol. The summed E-state index contributed by atoms with van der Waals surface area (Å²) < 4.78 is 15.2. The van der Waals surface area contributed by atoms with E-state index in [2.05, 4.69) is 10.4 Å². The molecule has 7 heteroatoms. The Morgan fingerprint density at radius 1 is 1.16 bits per heavy atom. The van der Waals surface area contributed by atoms with Crippen molar-refractivity contribution in [3.8, 4) is 11.1 Å². The molecule has 0 bridgehead atoms. The van der Waals surface area contributed by atoms with E-state index in [0.29, 0.717) is 12.8 Å². The van der Waals surface area contributed by atoms with Crippen molar-refractivity contribution >= 4 is 22.9 Å². The van der Waals surface area contributed by atoms with Crippen molar-refractivity contribution < 1.29 is 9.18 Å². The third-order valence-corrected chi connectivity index (χ3v) is 6.64. The van der Waals surface area contributed by atoms with Gasteiger partial charge in [0.05, 0.1) is 11.7 Å². The Morgan fingerprint density at radius 2 is 1.90 bits per heavy atom. The molecule has 3 heterocycles. The number of carbonyl (C=O) groups is 1. The number of fused-ring (bicyclic) bond motifs is 1. The number of hydrogen-bond donors (Lipinski definition) is 1. The molecule has 1 N–H and O–H groups in total. The predicted octanol–water partition coefficient (Wildman–Crippen LogP) is 5.33. The topological polar surface area (TPSA) is 59.3 Å². The first-order chi connectivity index (χ1) is 14.8. The Balaban J connectivity index is 1.58. The molecule has 0 spiro atoms. The molecule has 1 amide bonds. The summed E-state index contributed by atoms with van der Waals surface area (Å²) in [6, 6.07) is 10.4. The number of hydrogen-bond acceptors (Lipinski definition) is 4. The Labute approximate surface area is 185 Å². The number of halogens is 1. The summed E-state index contributed by atoms with van der Waals surface area (Å²) in [4.78, 5) is 18.5. The molecular weight excluding hydrogens is 411 g/mol. The monoisotopic (exact) mass is 436 g/mol. The Morgan fingerprint density at radius 3 is 2.58 bits per heavy atom. The van der Waals surface area contributed by atoms with Crippen LogP contribution in [-0.4, -0.2) is 20.5 Å². The lowest BCUT2D eigenvalue weighted by molar-refractivity contribution is -0.121. The summed E-state index contributed by atoms with van der Waals surface area (Å²) in [5.74, 6) is -0.254. The number of benzene rings is 1. The van der Waals surface area contributed by atoms with Crippen LogP contribution in [-0.2, 0) is 11.2 Å². The predicted molar refractivity (Wildman–Crippen MR) is 122 cm³/mol. The normalized spacial score (nSPS) is 12.3. The van der Waals surface area contributed by atoms with Crippen molar-refractivity contribution in [3.05, 3.63) is 75.1 Å². The minimum absolute atomic E-state index is 0.00216. The lowest BCUT2D eigenvalue weighted by atomic mass is 10.0. The third-order valence-electron chi connectivity index (χ3n) is 5.58. The number of nitrogens with zero attached hydrogens (tertiary/aromatic N) is 3. The summed E-state index contributed by atoms with van der Waals surface area (Å²) in [6.07, 6.45) is 0.976. The summed E-state index contributed by atoms with van der Waals surface area (Å²) in [6.45, 7) is 7.90. The SMILES string of the molecule is Cc1nc2c(-c3ccc(F)cc3)c(C)nn2c(C)c1CCC(=O)N[C@@H](C)c1cccs1. The molecule has 5 nitrogen and oxygen atoms in total. The van der Waals surface area contributed by atoms with Crippen molar-refractivity contribution in [2.45, 2.75) is 46.6 Å². The smallest absolute Gasteiger partial charge is 0.220 e. The van der Waals surface area contributed by atoms with Crippen LogP contribution in [0.15, 0.2) is 41.8 Å². The molecule has 0 saturated carbocycles. The minimum Gasteiger partial charge on any atom is -0.349 e. The number of aromatic nitrogens is 3. The second-order valence-corrected chi connectivity index (χ2v) is 8.75. The highest BCUT2D eigenvalue weighted by Crippen LogP contribution is 2.29. The van der Waals surface area contributed by atoms with Gasteiger partial charge in [0.15, 0.2) is 5.65 Å². The molecule has 0 unspecified atom stereocenters. The van der Waals surface area contributed by atoms with Gasteiger partial charge in [-0.25, -0.2) is 13.9 Å². The lowest BCUT2D eigenvalue weighted by Gasteiger charge is -2.14. The number of thiophene rings is 1. The molecule has 0 fully saturated rings. The Bertz CT molecular complexity index is 1230. The van der Waals surface area contributed by atoms with E-state index in [1.165, 1.54) is 12.1 Å². The van der Waals surface area contributed by atoms with Crippen LogP contribution < -0.4 is 5.32 Å². The Hall–Kier alpha value is -3.06. The molecule has 0 aliphatic heterocycles. The standard InChI is InChI=1S/C24H25FN4OS/c1-14-20(11-12-22(30)26-15(2)21-6-5-13-31-21)17(4)29-24(27-14)23(16(3)28-29)18-7-9-19(25)10-8-18/h5-10,13,15H,11-12H2,1-4H3,(H,26,30)/t15-/m0/s1. The number of nitrogens with one attached hydrogen (secondary N) is 1. The lowest BCUT2D eigenvalue weighted by Crippen LogP contribution is -2.26. The molecule has 3 aromatic heterocycles. The maximum Gasteiger partial charge on any atom is 0.220 e. The first kappa shape index (κ1) is 21.2. The molecule has 4 aromatic rings. The van der Waals surface area contributed by atoms with E-state index in [0.717, 1.165) is 44.3 Å². The van der Waals surface area contributed by atoms with Gasteiger partial charge in [-0.15, -0.1) is 11.3 Å². The van der Waals surface area contributed by atoms with Crippen LogP contribution in [0, 0.1) is 26.6 Å². The molecule has 0 aliphatic carbocycles. The summed E-state index contributed by atoms with van der Waals surface area (Å²) in [5, 5.41) is 9.76. The fraction of sp³-hybridized carbons (Fsp3) is 0.292. The molecule has 1 aromatic carbocycles. The number of rotatable bonds is 6. The zero-order valence-electron chi connectivity index (χ0n) is 18.1. The van der Waals surface area contributed by atoms with Crippen LogP contribution in [0.25, 0.3) is 16.8 Å². The summed E-state index contributed by atoms with van der Waals surface area (Å²) >= 11 is 1.64. The fourth-order valence-corrected chi connectivity index (χ4v) is 4.68. The molecule has 31 heavy (non-hydrogen) atoms. The van der Waals surface area contributed by atoms with Gasteiger partial charge in [0, 0.05) is 28.2 Å². The van der Waals surface area contributed by atoms with Crippen LogP contribution in [0.1, 0.15) is 46.9 Å². The highest BCUT2D eigenvalue weighted by molar-refractivity contribution is 7.10. The number of aryl methyl sites for hydroxylation is 3. The maximum absolute atomic E-state index is 13.4. The van der Waals surface area contributed by atoms with Gasteiger partial charge >= 0.3 is 0 Å². The number of carbonyl (C=O) groups excluding carboxylic acids is 1. The van der Waals surface area contributed by atoms with Gasteiger partial charge in [-0.2, -0.15) is 5.10 Å². The summed E-state index contributed by atoms with van der Waals surface area (Å²) in [5.41, 5.74) is 6.25. The van der Waals surface area contributed by atoms with Gasteiger partial charge in [-0.3, -0.25) is 4.79 Å². The molecule has 0 radical (unpaired) electrons. The maximum atomic E-state index is 13.4. The van der Waals surface area contributed by atoms with E-state index < -0.39 is 0 Å². The van der Waals surface area contributed by atoms with E-state index in [4.69, 9.17) is 4.98 Å². The second-order valence-electron chi connectivity index (χ2n) is 7.77. The molecule has 4 rings (SSSR count). The largest absolute Gasteiger partial charge is 0.349 e. The van der Waals surface area contributed by atoms with Gasteiger partial charge < -0.3 is 5.32 Å². The van der Waals surface area contributed by atoms with Gasteiger partial charge in [0.25, 0.3) is 0 Å². The van der Waals surface area contributed by atoms with Gasteiger partial charge in [0.2, 0.25) is 5.91 Å². The van der Waals surface area contributed by atoms with Gasteiger partial charge in [0.1, 0.15) is 5.82 Å². The van der Waals surface area contributed by atoms with Crippen molar-refractivity contribution in [1.29, 1.82) is 0 Å². The highest BCUT2D eigenvalue weighted by atomic mass is 32.1. The van der Waals surface area contributed by atoms with E-state index in [9.17, 15) is 9.18 Å². The zero-order valence-corrected chi connectivity index (χ0v) is 18.9. The summed E-state index contributed by atoms with van der Waals surface area (Å²) in [7, 11) is 0.